The maximum atomic E-state index is 12.6. The Kier molecular flexibility index (Phi) is 12.5. The molecule has 1 rings (SSSR count). The van der Waals surface area contributed by atoms with Crippen LogP contribution >= 0.6 is 24.0 Å². The first-order valence-corrected chi connectivity index (χ1v) is 10.2. The SMILES string of the molecule is CCN(Cc1ccccc1)C(=O)CNC(=NC)NCC(C)(C)NC(=O)OC(C)(C)C.I. The van der Waals surface area contributed by atoms with E-state index in [4.69, 9.17) is 4.74 Å². The summed E-state index contributed by atoms with van der Waals surface area (Å²) < 4.78 is 5.30. The standard InChI is InChI=1S/C22H37N5O3.HI/c1-8-27(15-17-12-10-9-11-13-17)18(28)14-24-19(23-7)25-16-22(5,6)26-20(29)30-21(2,3)4;/h9-13H,8,14-16H2,1-7H3,(H,26,29)(H2,23,24,25);1H. The number of aliphatic imine (C=N–C) groups is 1. The van der Waals surface area contributed by atoms with Gasteiger partial charge in [-0.2, -0.15) is 0 Å². The van der Waals surface area contributed by atoms with Crippen molar-refractivity contribution in [3.63, 3.8) is 0 Å². The van der Waals surface area contributed by atoms with Gasteiger partial charge in [0, 0.05) is 26.7 Å². The average molecular weight is 547 g/mol. The minimum atomic E-state index is -0.577. The highest BCUT2D eigenvalue weighted by atomic mass is 127. The summed E-state index contributed by atoms with van der Waals surface area (Å²) in [4.78, 5) is 30.5. The summed E-state index contributed by atoms with van der Waals surface area (Å²) in [5.74, 6) is 0.466. The van der Waals surface area contributed by atoms with E-state index in [-0.39, 0.29) is 36.4 Å². The second-order valence-corrected chi connectivity index (χ2v) is 8.68. The Morgan fingerprint density at radius 3 is 2.19 bits per heavy atom. The second kappa shape index (κ2) is 13.4. The van der Waals surface area contributed by atoms with Crippen molar-refractivity contribution in [1.29, 1.82) is 0 Å². The van der Waals surface area contributed by atoms with Crippen molar-refractivity contribution in [3.8, 4) is 0 Å². The summed E-state index contributed by atoms with van der Waals surface area (Å²) in [7, 11) is 1.63. The molecule has 1 aromatic rings. The molecule has 0 heterocycles. The van der Waals surface area contributed by atoms with Crippen molar-refractivity contribution in [2.45, 2.75) is 59.2 Å². The Morgan fingerprint density at radius 2 is 1.68 bits per heavy atom. The van der Waals surface area contributed by atoms with Gasteiger partial charge in [0.15, 0.2) is 5.96 Å². The number of alkyl carbamates (subject to hydrolysis) is 1. The summed E-state index contributed by atoms with van der Waals surface area (Å²) in [5, 5.41) is 9.01. The fraction of sp³-hybridized carbons (Fsp3) is 0.591. The number of nitrogens with zero attached hydrogens (tertiary/aromatic N) is 2. The average Bonchev–Trinajstić information content (AvgIpc) is 2.64. The number of hydrogen-bond donors (Lipinski definition) is 3. The van der Waals surface area contributed by atoms with Crippen molar-refractivity contribution in [2.75, 3.05) is 26.7 Å². The Balaban J connectivity index is 0.00000900. The highest BCUT2D eigenvalue weighted by Crippen LogP contribution is 2.09. The molecule has 176 valence electrons. The lowest BCUT2D eigenvalue weighted by Crippen LogP contribution is -2.54. The van der Waals surface area contributed by atoms with Crippen LogP contribution in [0.25, 0.3) is 0 Å². The van der Waals surface area contributed by atoms with E-state index in [0.29, 0.717) is 25.6 Å². The van der Waals surface area contributed by atoms with Crippen molar-refractivity contribution in [3.05, 3.63) is 35.9 Å². The Hall–Kier alpha value is -2.04. The number of likely N-dealkylation sites (N-methyl/N-ethyl adjacent to an activating group) is 1. The van der Waals surface area contributed by atoms with Crippen LogP contribution in [0.15, 0.2) is 35.3 Å². The van der Waals surface area contributed by atoms with Crippen LogP contribution in [0.4, 0.5) is 4.79 Å². The quantitative estimate of drug-likeness (QED) is 0.264. The van der Waals surface area contributed by atoms with Crippen LogP contribution in [0.1, 0.15) is 47.1 Å². The summed E-state index contributed by atoms with van der Waals surface area (Å²) in [6, 6.07) is 9.89. The molecular formula is C22H38IN5O3. The van der Waals surface area contributed by atoms with Gasteiger partial charge in [0.25, 0.3) is 0 Å². The normalized spacial score (nSPS) is 11.8. The molecule has 0 saturated heterocycles. The zero-order valence-electron chi connectivity index (χ0n) is 19.7. The number of ether oxygens (including phenoxy) is 1. The largest absolute Gasteiger partial charge is 0.444 e. The maximum absolute atomic E-state index is 12.6. The predicted molar refractivity (Wildman–Crippen MR) is 136 cm³/mol. The molecule has 0 aliphatic rings. The fourth-order valence-electron chi connectivity index (χ4n) is 2.60. The first-order valence-electron chi connectivity index (χ1n) is 10.2. The lowest BCUT2D eigenvalue weighted by Gasteiger charge is -2.29. The molecule has 8 nitrogen and oxygen atoms in total. The van der Waals surface area contributed by atoms with Crippen molar-refractivity contribution >= 4 is 41.9 Å². The number of nitrogens with one attached hydrogen (secondary N) is 3. The Labute approximate surface area is 203 Å². The molecule has 0 aliphatic carbocycles. The number of hydrogen-bond acceptors (Lipinski definition) is 4. The molecule has 0 unspecified atom stereocenters. The van der Waals surface area contributed by atoms with E-state index in [1.54, 1.807) is 11.9 Å². The van der Waals surface area contributed by atoms with E-state index in [1.165, 1.54) is 0 Å². The molecule has 0 bridgehead atoms. The van der Waals surface area contributed by atoms with Crippen LogP contribution in [0, 0.1) is 0 Å². The summed E-state index contributed by atoms with van der Waals surface area (Å²) in [5.41, 5.74) is -0.0476. The molecular weight excluding hydrogens is 509 g/mol. The second-order valence-electron chi connectivity index (χ2n) is 8.68. The molecule has 2 amide bonds. The summed E-state index contributed by atoms with van der Waals surface area (Å²) >= 11 is 0. The van der Waals surface area contributed by atoms with Crippen molar-refractivity contribution < 1.29 is 14.3 Å². The number of benzene rings is 1. The van der Waals surface area contributed by atoms with Crippen LogP contribution in [-0.2, 0) is 16.1 Å². The monoisotopic (exact) mass is 547 g/mol. The van der Waals surface area contributed by atoms with Crippen LogP contribution in [-0.4, -0.2) is 60.7 Å². The predicted octanol–water partition coefficient (Wildman–Crippen LogP) is 3.12. The Morgan fingerprint density at radius 1 is 1.06 bits per heavy atom. The van der Waals surface area contributed by atoms with Crippen LogP contribution < -0.4 is 16.0 Å². The molecule has 0 spiro atoms. The molecule has 0 aromatic heterocycles. The van der Waals surface area contributed by atoms with Gasteiger partial charge in [-0.25, -0.2) is 4.79 Å². The molecule has 31 heavy (non-hydrogen) atoms. The van der Waals surface area contributed by atoms with E-state index < -0.39 is 17.2 Å². The summed E-state index contributed by atoms with van der Waals surface area (Å²) in [6.45, 7) is 12.9. The first kappa shape index (κ1) is 29.0. The van der Waals surface area contributed by atoms with Gasteiger partial charge in [-0.3, -0.25) is 9.79 Å². The number of amides is 2. The Bertz CT molecular complexity index is 718. The number of rotatable bonds is 8. The number of carbonyl (C=O) groups excluding carboxylic acids is 2. The minimum absolute atomic E-state index is 0. The van der Waals surface area contributed by atoms with Crippen LogP contribution in [0.5, 0.6) is 0 Å². The molecule has 0 atom stereocenters. The van der Waals surface area contributed by atoms with Gasteiger partial charge in [0.1, 0.15) is 5.60 Å². The molecule has 1 aromatic carbocycles. The van der Waals surface area contributed by atoms with Crippen LogP contribution in [0.2, 0.25) is 0 Å². The third-order valence-electron chi connectivity index (χ3n) is 4.12. The smallest absolute Gasteiger partial charge is 0.408 e. The van der Waals surface area contributed by atoms with Gasteiger partial charge >= 0.3 is 6.09 Å². The summed E-state index contributed by atoms with van der Waals surface area (Å²) in [6.07, 6.45) is -0.480. The van der Waals surface area contributed by atoms with Gasteiger partial charge in [-0.15, -0.1) is 24.0 Å². The zero-order valence-corrected chi connectivity index (χ0v) is 22.1. The molecule has 0 radical (unpaired) electrons. The van der Waals surface area contributed by atoms with E-state index in [1.807, 2.05) is 71.9 Å². The van der Waals surface area contributed by atoms with Crippen molar-refractivity contribution in [1.82, 2.24) is 20.9 Å². The van der Waals surface area contributed by atoms with E-state index in [9.17, 15) is 9.59 Å². The number of carbonyl (C=O) groups is 2. The molecule has 0 saturated carbocycles. The molecule has 9 heteroatoms. The van der Waals surface area contributed by atoms with E-state index in [0.717, 1.165) is 5.56 Å². The molecule has 0 fully saturated rings. The fourth-order valence-corrected chi connectivity index (χ4v) is 2.60. The van der Waals surface area contributed by atoms with Gasteiger partial charge in [0.2, 0.25) is 5.91 Å². The highest BCUT2D eigenvalue weighted by molar-refractivity contribution is 14.0. The number of halogens is 1. The lowest BCUT2D eigenvalue weighted by molar-refractivity contribution is -0.130. The van der Waals surface area contributed by atoms with Gasteiger partial charge < -0.3 is 25.6 Å². The highest BCUT2D eigenvalue weighted by Gasteiger charge is 2.25. The van der Waals surface area contributed by atoms with Gasteiger partial charge in [-0.05, 0) is 47.1 Å². The number of guanidine groups is 1. The minimum Gasteiger partial charge on any atom is -0.444 e. The van der Waals surface area contributed by atoms with E-state index in [2.05, 4.69) is 20.9 Å². The van der Waals surface area contributed by atoms with Gasteiger partial charge in [-0.1, -0.05) is 30.3 Å². The van der Waals surface area contributed by atoms with E-state index >= 15 is 0 Å². The zero-order chi connectivity index (χ0) is 22.8. The van der Waals surface area contributed by atoms with Crippen molar-refractivity contribution in [2.24, 2.45) is 4.99 Å². The lowest BCUT2D eigenvalue weighted by atomic mass is 10.1. The molecule has 3 N–H and O–H groups in total. The van der Waals surface area contributed by atoms with Crippen LogP contribution in [0.3, 0.4) is 0 Å². The third kappa shape index (κ3) is 12.4. The maximum Gasteiger partial charge on any atom is 0.408 e. The first-order chi connectivity index (χ1) is 14.0. The van der Waals surface area contributed by atoms with Gasteiger partial charge in [0.05, 0.1) is 12.1 Å². The molecule has 0 aliphatic heterocycles. The topological polar surface area (TPSA) is 95.1 Å². The third-order valence-corrected chi connectivity index (χ3v) is 4.12.